The quantitative estimate of drug-likeness (QED) is 0.265. The first-order valence-electron chi connectivity index (χ1n) is 13.6. The van der Waals surface area contributed by atoms with E-state index in [1.165, 1.54) is 0 Å². The summed E-state index contributed by atoms with van der Waals surface area (Å²) in [5.41, 5.74) is 5.60. The van der Waals surface area contributed by atoms with Crippen molar-refractivity contribution in [1.82, 2.24) is 15.1 Å². The second-order valence-corrected chi connectivity index (χ2v) is 10.9. The molecule has 1 aromatic heterocycles. The van der Waals surface area contributed by atoms with E-state index < -0.39 is 0 Å². The van der Waals surface area contributed by atoms with Crippen molar-refractivity contribution in [3.63, 3.8) is 0 Å². The largest absolute Gasteiger partial charge is 0.497 e. The molecule has 1 aliphatic rings. The van der Waals surface area contributed by atoms with Gasteiger partial charge in [-0.1, -0.05) is 60.2 Å². The van der Waals surface area contributed by atoms with Crippen molar-refractivity contribution in [2.75, 3.05) is 44.6 Å². The van der Waals surface area contributed by atoms with E-state index in [2.05, 4.69) is 30.4 Å². The molecule has 1 unspecified atom stereocenters. The third kappa shape index (κ3) is 6.31. The first-order valence-corrected chi connectivity index (χ1v) is 14.6. The molecular formula is C32H34N4O4S. The number of carbonyl (C=O) groups is 2. The Hall–Kier alpha value is -4.08. The van der Waals surface area contributed by atoms with E-state index >= 15 is 0 Å². The molecule has 5 rings (SSSR count). The maximum atomic E-state index is 13.8. The van der Waals surface area contributed by atoms with E-state index in [0.717, 1.165) is 33.6 Å². The number of amides is 2. The molecule has 9 heteroatoms. The molecule has 0 aliphatic carbocycles. The number of thioether (sulfide) groups is 1. The van der Waals surface area contributed by atoms with Gasteiger partial charge in [0, 0.05) is 31.4 Å². The lowest BCUT2D eigenvalue weighted by atomic mass is 9.98. The van der Waals surface area contributed by atoms with Crippen molar-refractivity contribution in [3.8, 4) is 22.7 Å². The second-order valence-electron chi connectivity index (χ2n) is 9.84. The minimum Gasteiger partial charge on any atom is -0.497 e. The number of hydrogen-bond donors (Lipinski definition) is 1. The highest BCUT2D eigenvalue weighted by Gasteiger charge is 2.37. The third-order valence-electron chi connectivity index (χ3n) is 6.95. The minimum absolute atomic E-state index is 0.115. The van der Waals surface area contributed by atoms with Crippen LogP contribution >= 0.6 is 11.8 Å². The van der Waals surface area contributed by atoms with Gasteiger partial charge in [-0.2, -0.15) is 5.10 Å². The lowest BCUT2D eigenvalue weighted by molar-refractivity contribution is -0.122. The number of aryl methyl sites for hydroxylation is 1. The van der Waals surface area contributed by atoms with Gasteiger partial charge in [-0.05, 0) is 43.2 Å². The van der Waals surface area contributed by atoms with E-state index in [1.54, 1.807) is 35.6 Å². The predicted octanol–water partition coefficient (Wildman–Crippen LogP) is 5.18. The van der Waals surface area contributed by atoms with Gasteiger partial charge in [0.05, 0.1) is 29.5 Å². The highest BCUT2D eigenvalue weighted by atomic mass is 32.2. The summed E-state index contributed by atoms with van der Waals surface area (Å²) in [6, 6.07) is 25.9. The smallest absolute Gasteiger partial charge is 0.240 e. The van der Waals surface area contributed by atoms with E-state index in [9.17, 15) is 9.59 Å². The molecule has 1 atom stereocenters. The van der Waals surface area contributed by atoms with Gasteiger partial charge in [0.2, 0.25) is 11.8 Å². The SMILES string of the molecule is COCCCNC(=O)CN1C(=O)CSC(c2cccc(C)c2)c2c(-c3ccccc3)nn(-c3ccc(OC)cc3)c21. The Kier molecular flexibility index (Phi) is 9.06. The van der Waals surface area contributed by atoms with Crippen LogP contribution in [-0.2, 0) is 14.3 Å². The van der Waals surface area contributed by atoms with Crippen molar-refractivity contribution < 1.29 is 19.1 Å². The fraction of sp³-hybridized carbons (Fsp3) is 0.281. The van der Waals surface area contributed by atoms with Gasteiger partial charge in [0.15, 0.2) is 0 Å². The lowest BCUT2D eigenvalue weighted by Gasteiger charge is -2.23. The number of fused-ring (bicyclic) bond motifs is 1. The second kappa shape index (κ2) is 13.1. The monoisotopic (exact) mass is 570 g/mol. The minimum atomic E-state index is -0.233. The van der Waals surface area contributed by atoms with E-state index in [0.29, 0.717) is 31.1 Å². The summed E-state index contributed by atoms with van der Waals surface area (Å²) < 4.78 is 12.3. The van der Waals surface area contributed by atoms with Crippen molar-refractivity contribution in [2.24, 2.45) is 0 Å². The molecule has 2 amide bonds. The summed E-state index contributed by atoms with van der Waals surface area (Å²) in [7, 11) is 3.25. The van der Waals surface area contributed by atoms with Crippen LogP contribution in [0.2, 0.25) is 0 Å². The third-order valence-corrected chi connectivity index (χ3v) is 8.20. The topological polar surface area (TPSA) is 85.7 Å². The zero-order chi connectivity index (χ0) is 28.8. The van der Waals surface area contributed by atoms with Gasteiger partial charge in [0.1, 0.15) is 18.1 Å². The molecule has 0 spiro atoms. The van der Waals surface area contributed by atoms with Crippen molar-refractivity contribution in [3.05, 3.63) is 95.6 Å². The standard InChI is InChI=1S/C32H34N4O4S/c1-22-9-7-12-24(19-22)31-29-30(23-10-5-4-6-11-23)34-36(25-13-15-26(40-3)16-14-25)32(29)35(28(38)21-41-31)20-27(37)33-17-8-18-39-2/h4-7,9-16,19,31H,8,17-18,20-21H2,1-3H3,(H,33,37). The number of benzene rings is 3. The normalized spacial score (nSPS) is 14.9. The summed E-state index contributed by atoms with van der Waals surface area (Å²) in [5.74, 6) is 1.16. The Morgan fingerprint density at radius 2 is 1.83 bits per heavy atom. The van der Waals surface area contributed by atoms with Crippen molar-refractivity contribution in [1.29, 1.82) is 0 Å². The number of carbonyl (C=O) groups excluding carboxylic acids is 2. The molecule has 0 saturated carbocycles. The fourth-order valence-corrected chi connectivity index (χ4v) is 6.16. The summed E-state index contributed by atoms with van der Waals surface area (Å²) in [5, 5.41) is 7.89. The molecule has 41 heavy (non-hydrogen) atoms. The number of nitrogens with zero attached hydrogens (tertiary/aromatic N) is 3. The molecule has 0 fully saturated rings. The highest BCUT2D eigenvalue weighted by molar-refractivity contribution is 8.00. The molecule has 1 N–H and O–H groups in total. The molecule has 1 aliphatic heterocycles. The molecular weight excluding hydrogens is 536 g/mol. The molecule has 0 radical (unpaired) electrons. The number of rotatable bonds is 10. The number of hydrogen-bond acceptors (Lipinski definition) is 6. The van der Waals surface area contributed by atoms with Crippen LogP contribution in [0.4, 0.5) is 5.82 Å². The van der Waals surface area contributed by atoms with Gasteiger partial charge in [-0.15, -0.1) is 11.8 Å². The Morgan fingerprint density at radius 1 is 1.05 bits per heavy atom. The van der Waals surface area contributed by atoms with E-state index in [-0.39, 0.29) is 29.4 Å². The Labute approximate surface area is 244 Å². The first-order chi connectivity index (χ1) is 20.0. The van der Waals surface area contributed by atoms with Gasteiger partial charge in [-0.25, -0.2) is 4.68 Å². The molecule has 3 aromatic carbocycles. The van der Waals surface area contributed by atoms with E-state index in [4.69, 9.17) is 14.6 Å². The Bertz CT molecular complexity index is 1500. The Balaban J connectivity index is 1.71. The summed E-state index contributed by atoms with van der Waals surface area (Å²) >= 11 is 1.56. The molecule has 4 aromatic rings. The lowest BCUT2D eigenvalue weighted by Crippen LogP contribution is -2.42. The van der Waals surface area contributed by atoms with Crippen LogP contribution in [-0.4, -0.2) is 61.3 Å². The predicted molar refractivity (Wildman–Crippen MR) is 163 cm³/mol. The maximum absolute atomic E-state index is 13.8. The number of ether oxygens (including phenoxy) is 2. The average molecular weight is 571 g/mol. The van der Waals surface area contributed by atoms with E-state index in [1.807, 2.05) is 60.7 Å². The van der Waals surface area contributed by atoms with Crippen LogP contribution in [0.25, 0.3) is 16.9 Å². The molecule has 2 heterocycles. The van der Waals surface area contributed by atoms with Crippen LogP contribution in [0.3, 0.4) is 0 Å². The highest BCUT2D eigenvalue weighted by Crippen LogP contribution is 2.48. The number of nitrogens with one attached hydrogen (secondary N) is 1. The molecule has 0 bridgehead atoms. The summed E-state index contributed by atoms with van der Waals surface area (Å²) in [4.78, 5) is 28.5. The summed E-state index contributed by atoms with van der Waals surface area (Å²) in [6.07, 6.45) is 0.689. The van der Waals surface area contributed by atoms with Gasteiger partial charge in [0.25, 0.3) is 0 Å². The van der Waals surface area contributed by atoms with Crippen LogP contribution in [0.1, 0.15) is 28.4 Å². The van der Waals surface area contributed by atoms with Crippen LogP contribution < -0.4 is 15.0 Å². The van der Waals surface area contributed by atoms with Crippen LogP contribution in [0.5, 0.6) is 5.75 Å². The zero-order valence-corrected chi connectivity index (χ0v) is 24.3. The first kappa shape index (κ1) is 28.4. The van der Waals surface area contributed by atoms with Crippen molar-refractivity contribution in [2.45, 2.75) is 18.6 Å². The number of aromatic nitrogens is 2. The fourth-order valence-electron chi connectivity index (χ4n) is 4.97. The molecule has 8 nitrogen and oxygen atoms in total. The van der Waals surface area contributed by atoms with Gasteiger partial charge in [-0.3, -0.25) is 14.5 Å². The van der Waals surface area contributed by atoms with Crippen LogP contribution in [0, 0.1) is 6.92 Å². The van der Waals surface area contributed by atoms with Crippen molar-refractivity contribution >= 4 is 29.4 Å². The van der Waals surface area contributed by atoms with Gasteiger partial charge >= 0.3 is 0 Å². The van der Waals surface area contributed by atoms with Crippen LogP contribution in [0.15, 0.2) is 78.9 Å². The zero-order valence-electron chi connectivity index (χ0n) is 23.5. The Morgan fingerprint density at radius 3 is 2.54 bits per heavy atom. The molecule has 212 valence electrons. The number of anilines is 1. The number of methoxy groups -OCH3 is 2. The molecule has 0 saturated heterocycles. The average Bonchev–Trinajstić information content (AvgIpc) is 3.32. The summed E-state index contributed by atoms with van der Waals surface area (Å²) in [6.45, 7) is 2.97. The van der Waals surface area contributed by atoms with Gasteiger partial charge < -0.3 is 14.8 Å². The maximum Gasteiger partial charge on any atom is 0.240 e.